The highest BCUT2D eigenvalue weighted by Gasteiger charge is 2.31. The van der Waals surface area contributed by atoms with Crippen molar-refractivity contribution >= 4 is 23.4 Å². The predicted octanol–water partition coefficient (Wildman–Crippen LogP) is 5.53. The zero-order valence-corrected chi connectivity index (χ0v) is 18.4. The molecular formula is C26H27ClN2O2. The molecule has 3 aromatic rings. The molecule has 0 saturated carbocycles. The third-order valence-electron chi connectivity index (χ3n) is 5.07. The molecule has 0 radical (unpaired) electrons. The fourth-order valence-corrected chi connectivity index (χ4v) is 3.69. The fourth-order valence-electron chi connectivity index (χ4n) is 3.49. The van der Waals surface area contributed by atoms with E-state index in [4.69, 9.17) is 11.6 Å². The summed E-state index contributed by atoms with van der Waals surface area (Å²) >= 11 is 6.25. The van der Waals surface area contributed by atoms with E-state index in [1.54, 1.807) is 11.0 Å². The van der Waals surface area contributed by atoms with Crippen LogP contribution in [0.1, 0.15) is 42.5 Å². The standard InChI is InChI=1S/C26H27ClN2O2/c1-2-11-24(30)29(19-20-12-5-3-6-13-20)25(21-14-7-4-8-15-21)26(31)28-18-22-16-9-10-17-23(22)27/h3-10,12-17,25H,2,11,18-19H2,1H3,(H,28,31). The smallest absolute Gasteiger partial charge is 0.247 e. The minimum Gasteiger partial charge on any atom is -0.350 e. The monoisotopic (exact) mass is 434 g/mol. The van der Waals surface area contributed by atoms with Gasteiger partial charge in [-0.1, -0.05) is 97.4 Å². The highest BCUT2D eigenvalue weighted by Crippen LogP contribution is 2.25. The molecule has 31 heavy (non-hydrogen) atoms. The maximum Gasteiger partial charge on any atom is 0.247 e. The summed E-state index contributed by atoms with van der Waals surface area (Å²) in [7, 11) is 0. The van der Waals surface area contributed by atoms with Crippen LogP contribution in [0.2, 0.25) is 5.02 Å². The van der Waals surface area contributed by atoms with E-state index in [0.717, 1.165) is 16.7 Å². The van der Waals surface area contributed by atoms with Gasteiger partial charge in [-0.2, -0.15) is 0 Å². The minimum absolute atomic E-state index is 0.0481. The summed E-state index contributed by atoms with van der Waals surface area (Å²) in [5.74, 6) is -0.278. The summed E-state index contributed by atoms with van der Waals surface area (Å²) in [6.07, 6.45) is 1.10. The minimum atomic E-state index is -0.733. The highest BCUT2D eigenvalue weighted by molar-refractivity contribution is 6.31. The van der Waals surface area contributed by atoms with Crippen molar-refractivity contribution < 1.29 is 9.59 Å². The molecule has 0 aliphatic heterocycles. The van der Waals surface area contributed by atoms with Crippen molar-refractivity contribution in [2.45, 2.75) is 38.9 Å². The van der Waals surface area contributed by atoms with Crippen LogP contribution in [0.4, 0.5) is 0 Å². The van der Waals surface area contributed by atoms with E-state index in [1.165, 1.54) is 0 Å². The molecule has 0 heterocycles. The Morgan fingerprint density at radius 1 is 0.903 bits per heavy atom. The van der Waals surface area contributed by atoms with Crippen LogP contribution in [0.3, 0.4) is 0 Å². The van der Waals surface area contributed by atoms with Crippen LogP contribution in [-0.4, -0.2) is 16.7 Å². The van der Waals surface area contributed by atoms with Crippen molar-refractivity contribution in [2.24, 2.45) is 0 Å². The molecule has 3 rings (SSSR count). The molecule has 0 aliphatic rings. The average Bonchev–Trinajstić information content (AvgIpc) is 2.79. The van der Waals surface area contributed by atoms with Crippen molar-refractivity contribution in [2.75, 3.05) is 0 Å². The SMILES string of the molecule is CCCC(=O)N(Cc1ccccc1)C(C(=O)NCc1ccccc1Cl)c1ccccc1. The lowest BCUT2D eigenvalue weighted by molar-refractivity contribution is -0.141. The molecule has 0 fully saturated rings. The van der Waals surface area contributed by atoms with Crippen LogP contribution in [0.25, 0.3) is 0 Å². The second kappa shape index (κ2) is 11.3. The summed E-state index contributed by atoms with van der Waals surface area (Å²) in [4.78, 5) is 28.2. The number of nitrogens with zero attached hydrogens (tertiary/aromatic N) is 1. The molecule has 0 spiro atoms. The number of amides is 2. The van der Waals surface area contributed by atoms with E-state index in [1.807, 2.05) is 85.8 Å². The summed E-state index contributed by atoms with van der Waals surface area (Å²) in [5, 5.41) is 3.58. The molecule has 1 unspecified atom stereocenters. The number of halogens is 1. The van der Waals surface area contributed by atoms with E-state index in [0.29, 0.717) is 31.0 Å². The first kappa shape index (κ1) is 22.6. The number of benzene rings is 3. The Labute approximate surface area is 188 Å². The van der Waals surface area contributed by atoms with Gasteiger partial charge < -0.3 is 10.2 Å². The van der Waals surface area contributed by atoms with Crippen LogP contribution >= 0.6 is 11.6 Å². The topological polar surface area (TPSA) is 49.4 Å². The van der Waals surface area contributed by atoms with Crippen molar-refractivity contribution in [1.29, 1.82) is 0 Å². The van der Waals surface area contributed by atoms with Gasteiger partial charge in [-0.05, 0) is 29.2 Å². The number of hydrogen-bond donors (Lipinski definition) is 1. The van der Waals surface area contributed by atoms with Gasteiger partial charge in [0.1, 0.15) is 6.04 Å². The maximum atomic E-state index is 13.4. The van der Waals surface area contributed by atoms with Crippen LogP contribution in [0, 0.1) is 0 Å². The second-order valence-corrected chi connectivity index (χ2v) is 7.79. The van der Waals surface area contributed by atoms with Crippen molar-refractivity contribution in [3.05, 3.63) is 107 Å². The quantitative estimate of drug-likeness (QED) is 0.481. The van der Waals surface area contributed by atoms with Crippen molar-refractivity contribution in [1.82, 2.24) is 10.2 Å². The van der Waals surface area contributed by atoms with Gasteiger partial charge in [0.25, 0.3) is 0 Å². The first-order chi connectivity index (χ1) is 15.1. The number of hydrogen-bond acceptors (Lipinski definition) is 2. The lowest BCUT2D eigenvalue weighted by Gasteiger charge is -2.31. The van der Waals surface area contributed by atoms with Gasteiger partial charge in [0.05, 0.1) is 0 Å². The van der Waals surface area contributed by atoms with Crippen molar-refractivity contribution in [3.8, 4) is 0 Å². The number of nitrogens with one attached hydrogen (secondary N) is 1. The van der Waals surface area contributed by atoms with Crippen LogP contribution < -0.4 is 5.32 Å². The Kier molecular flexibility index (Phi) is 8.25. The van der Waals surface area contributed by atoms with Gasteiger partial charge in [-0.3, -0.25) is 9.59 Å². The van der Waals surface area contributed by atoms with E-state index in [9.17, 15) is 9.59 Å². The van der Waals surface area contributed by atoms with Gasteiger partial charge >= 0.3 is 0 Å². The van der Waals surface area contributed by atoms with E-state index in [-0.39, 0.29) is 11.8 Å². The summed E-state index contributed by atoms with van der Waals surface area (Å²) in [5.41, 5.74) is 2.59. The molecule has 160 valence electrons. The molecular weight excluding hydrogens is 408 g/mol. The molecule has 1 atom stereocenters. The van der Waals surface area contributed by atoms with Crippen LogP contribution in [0.5, 0.6) is 0 Å². The van der Waals surface area contributed by atoms with Gasteiger partial charge in [0, 0.05) is 24.5 Å². The fraction of sp³-hybridized carbons (Fsp3) is 0.231. The third kappa shape index (κ3) is 6.19. The molecule has 0 aromatic heterocycles. The highest BCUT2D eigenvalue weighted by atomic mass is 35.5. The summed E-state index contributed by atoms with van der Waals surface area (Å²) < 4.78 is 0. The Hall–Kier alpha value is -3.11. The Morgan fingerprint density at radius 2 is 1.52 bits per heavy atom. The number of rotatable bonds is 9. The third-order valence-corrected chi connectivity index (χ3v) is 5.43. The number of carbonyl (C=O) groups excluding carboxylic acids is 2. The Morgan fingerprint density at radius 3 is 2.16 bits per heavy atom. The lowest BCUT2D eigenvalue weighted by Crippen LogP contribution is -2.43. The number of carbonyl (C=O) groups is 2. The van der Waals surface area contributed by atoms with Gasteiger partial charge in [-0.25, -0.2) is 0 Å². The molecule has 3 aromatic carbocycles. The molecule has 0 aliphatic carbocycles. The lowest BCUT2D eigenvalue weighted by atomic mass is 10.0. The molecule has 4 nitrogen and oxygen atoms in total. The first-order valence-electron chi connectivity index (χ1n) is 10.5. The van der Waals surface area contributed by atoms with E-state index in [2.05, 4.69) is 5.32 Å². The van der Waals surface area contributed by atoms with Crippen LogP contribution in [0.15, 0.2) is 84.9 Å². The van der Waals surface area contributed by atoms with Gasteiger partial charge in [0.15, 0.2) is 0 Å². The van der Waals surface area contributed by atoms with E-state index >= 15 is 0 Å². The normalized spacial score (nSPS) is 11.5. The van der Waals surface area contributed by atoms with Gasteiger partial charge in [0.2, 0.25) is 11.8 Å². The molecule has 5 heteroatoms. The molecule has 0 bridgehead atoms. The zero-order chi connectivity index (χ0) is 22.1. The summed E-state index contributed by atoms with van der Waals surface area (Å²) in [6, 6.07) is 25.9. The Balaban J connectivity index is 1.91. The first-order valence-corrected chi connectivity index (χ1v) is 10.9. The Bertz CT molecular complexity index is 993. The summed E-state index contributed by atoms with van der Waals surface area (Å²) in [6.45, 7) is 2.62. The molecule has 1 N–H and O–H groups in total. The predicted molar refractivity (Wildman–Crippen MR) is 124 cm³/mol. The average molecular weight is 435 g/mol. The van der Waals surface area contributed by atoms with E-state index < -0.39 is 6.04 Å². The zero-order valence-electron chi connectivity index (χ0n) is 17.6. The van der Waals surface area contributed by atoms with Gasteiger partial charge in [-0.15, -0.1) is 0 Å². The van der Waals surface area contributed by atoms with Crippen molar-refractivity contribution in [3.63, 3.8) is 0 Å². The maximum absolute atomic E-state index is 13.4. The largest absolute Gasteiger partial charge is 0.350 e. The molecule has 0 saturated heterocycles. The van der Waals surface area contributed by atoms with Crippen LogP contribution in [-0.2, 0) is 22.7 Å². The molecule has 2 amide bonds. The second-order valence-electron chi connectivity index (χ2n) is 7.38.